The minimum Gasteiger partial charge on any atom is -0.309 e. The second-order valence-corrected chi connectivity index (χ2v) is 7.68. The van der Waals surface area contributed by atoms with Crippen LogP contribution in [0, 0.1) is 0 Å². The average molecular weight is 401 g/mol. The van der Waals surface area contributed by atoms with Gasteiger partial charge in [0, 0.05) is 24.3 Å². The van der Waals surface area contributed by atoms with E-state index in [0.29, 0.717) is 16.0 Å². The number of amides is 1. The number of hydrogen-bond acceptors (Lipinski definition) is 4. The lowest BCUT2D eigenvalue weighted by molar-refractivity contribution is -0.116. The number of halogens is 1. The molecule has 3 aromatic rings. The molecule has 0 fully saturated rings. The van der Waals surface area contributed by atoms with E-state index in [1.54, 1.807) is 4.90 Å². The molecule has 1 aromatic heterocycles. The largest absolute Gasteiger partial charge is 0.309 e. The predicted octanol–water partition coefficient (Wildman–Crippen LogP) is 4.67. The summed E-state index contributed by atoms with van der Waals surface area (Å²) in [5.74, 6) is 0.990. The molecule has 0 saturated heterocycles. The number of hydrogen-bond donors (Lipinski definition) is 0. The lowest BCUT2D eigenvalue weighted by Crippen LogP contribution is -2.38. The highest BCUT2D eigenvalue weighted by Crippen LogP contribution is 2.28. The third-order valence-corrected chi connectivity index (χ3v) is 5.43. The standard InChI is InChI=1S/C20H21ClN4OS/c1-14(2)25(15-9-5-4-6-10-15)18(26)13-27-20-23-22-19(24(20)3)16-11-7-8-12-17(16)21/h4-12,14H,13H2,1-3H3. The van der Waals surface area contributed by atoms with E-state index >= 15 is 0 Å². The lowest BCUT2D eigenvalue weighted by Gasteiger charge is -2.26. The normalized spacial score (nSPS) is 11.0. The number of rotatable bonds is 6. The quantitative estimate of drug-likeness (QED) is 0.564. The van der Waals surface area contributed by atoms with E-state index in [1.165, 1.54) is 11.8 Å². The smallest absolute Gasteiger partial charge is 0.237 e. The van der Waals surface area contributed by atoms with Gasteiger partial charge in [-0.15, -0.1) is 10.2 Å². The van der Waals surface area contributed by atoms with Gasteiger partial charge in [0.15, 0.2) is 11.0 Å². The van der Waals surface area contributed by atoms with E-state index in [9.17, 15) is 4.79 Å². The van der Waals surface area contributed by atoms with Gasteiger partial charge in [0.05, 0.1) is 10.8 Å². The number of thioether (sulfide) groups is 1. The molecule has 27 heavy (non-hydrogen) atoms. The summed E-state index contributed by atoms with van der Waals surface area (Å²) < 4.78 is 1.86. The Morgan fingerprint density at radius 1 is 1.11 bits per heavy atom. The number of carbonyl (C=O) groups excluding carboxylic acids is 1. The van der Waals surface area contributed by atoms with E-state index in [4.69, 9.17) is 11.6 Å². The summed E-state index contributed by atoms with van der Waals surface area (Å²) in [6.07, 6.45) is 0. The van der Waals surface area contributed by atoms with Gasteiger partial charge in [-0.1, -0.05) is 53.7 Å². The minimum absolute atomic E-state index is 0.0310. The number of anilines is 1. The van der Waals surface area contributed by atoms with Gasteiger partial charge in [-0.05, 0) is 38.1 Å². The molecule has 0 aliphatic carbocycles. The van der Waals surface area contributed by atoms with Gasteiger partial charge in [-0.25, -0.2) is 0 Å². The summed E-state index contributed by atoms with van der Waals surface area (Å²) in [6, 6.07) is 17.3. The molecule has 0 aliphatic rings. The lowest BCUT2D eigenvalue weighted by atomic mass is 10.2. The third-order valence-electron chi connectivity index (χ3n) is 4.09. The Balaban J connectivity index is 1.75. The van der Waals surface area contributed by atoms with Crippen molar-refractivity contribution in [3.8, 4) is 11.4 Å². The molecule has 3 rings (SSSR count). The van der Waals surface area contributed by atoms with Crippen molar-refractivity contribution < 1.29 is 4.79 Å². The molecule has 0 radical (unpaired) electrons. The summed E-state index contributed by atoms with van der Waals surface area (Å²) in [7, 11) is 1.88. The van der Waals surface area contributed by atoms with Crippen molar-refractivity contribution in [3.63, 3.8) is 0 Å². The van der Waals surface area contributed by atoms with Crippen molar-refractivity contribution in [2.24, 2.45) is 7.05 Å². The summed E-state index contributed by atoms with van der Waals surface area (Å²) in [4.78, 5) is 14.6. The molecule has 7 heteroatoms. The number of para-hydroxylation sites is 1. The van der Waals surface area contributed by atoms with Crippen LogP contribution in [-0.2, 0) is 11.8 Å². The van der Waals surface area contributed by atoms with E-state index in [-0.39, 0.29) is 17.7 Å². The summed E-state index contributed by atoms with van der Waals surface area (Å²) in [5.41, 5.74) is 1.72. The van der Waals surface area contributed by atoms with Crippen molar-refractivity contribution in [3.05, 3.63) is 59.6 Å². The van der Waals surface area contributed by atoms with Gasteiger partial charge in [-0.3, -0.25) is 4.79 Å². The van der Waals surface area contributed by atoms with Crippen LogP contribution >= 0.6 is 23.4 Å². The van der Waals surface area contributed by atoms with Crippen LogP contribution in [0.2, 0.25) is 5.02 Å². The zero-order valence-electron chi connectivity index (χ0n) is 15.5. The maximum Gasteiger partial charge on any atom is 0.237 e. The Labute approximate surface area is 168 Å². The molecule has 0 aliphatic heterocycles. The van der Waals surface area contributed by atoms with Crippen LogP contribution < -0.4 is 4.90 Å². The van der Waals surface area contributed by atoms with Gasteiger partial charge in [-0.2, -0.15) is 0 Å². The first-order valence-corrected chi connectivity index (χ1v) is 9.99. The Kier molecular flexibility index (Phi) is 6.19. The van der Waals surface area contributed by atoms with E-state index < -0.39 is 0 Å². The molecule has 0 N–H and O–H groups in total. The Morgan fingerprint density at radius 3 is 2.44 bits per heavy atom. The first-order valence-electron chi connectivity index (χ1n) is 8.63. The molecule has 0 atom stereocenters. The van der Waals surface area contributed by atoms with Crippen LogP contribution in [0.15, 0.2) is 59.8 Å². The Hall–Kier alpha value is -2.31. The van der Waals surface area contributed by atoms with Gasteiger partial charge in [0.1, 0.15) is 0 Å². The van der Waals surface area contributed by atoms with Crippen molar-refractivity contribution in [1.82, 2.24) is 14.8 Å². The second kappa shape index (κ2) is 8.59. The van der Waals surface area contributed by atoms with Crippen molar-refractivity contribution in [2.75, 3.05) is 10.7 Å². The van der Waals surface area contributed by atoms with Crippen LogP contribution in [0.5, 0.6) is 0 Å². The summed E-state index contributed by atoms with van der Waals surface area (Å²) in [5, 5.41) is 9.77. The van der Waals surface area contributed by atoms with Crippen LogP contribution in [0.4, 0.5) is 5.69 Å². The molecule has 5 nitrogen and oxygen atoms in total. The zero-order chi connectivity index (χ0) is 19.4. The highest BCUT2D eigenvalue weighted by atomic mass is 35.5. The highest BCUT2D eigenvalue weighted by Gasteiger charge is 2.21. The van der Waals surface area contributed by atoms with Crippen LogP contribution in [0.25, 0.3) is 11.4 Å². The molecule has 0 spiro atoms. The molecular weight excluding hydrogens is 380 g/mol. The molecule has 1 heterocycles. The fourth-order valence-corrected chi connectivity index (χ4v) is 3.82. The summed E-state index contributed by atoms with van der Waals surface area (Å²) >= 11 is 7.64. The van der Waals surface area contributed by atoms with Crippen molar-refractivity contribution in [2.45, 2.75) is 25.0 Å². The van der Waals surface area contributed by atoms with Gasteiger partial charge in [0.25, 0.3) is 0 Å². The van der Waals surface area contributed by atoms with Crippen LogP contribution in [0.1, 0.15) is 13.8 Å². The van der Waals surface area contributed by atoms with Gasteiger partial charge < -0.3 is 9.47 Å². The molecule has 0 unspecified atom stereocenters. The first-order chi connectivity index (χ1) is 13.0. The second-order valence-electron chi connectivity index (χ2n) is 6.33. The molecule has 2 aromatic carbocycles. The molecule has 0 bridgehead atoms. The fraction of sp³-hybridized carbons (Fsp3) is 0.250. The highest BCUT2D eigenvalue weighted by molar-refractivity contribution is 7.99. The van der Waals surface area contributed by atoms with Crippen molar-refractivity contribution in [1.29, 1.82) is 0 Å². The van der Waals surface area contributed by atoms with Crippen LogP contribution in [-0.4, -0.2) is 32.5 Å². The molecule has 140 valence electrons. The first kappa shape index (κ1) is 19.5. The maximum absolute atomic E-state index is 12.8. The molecular formula is C20H21ClN4OS. The fourth-order valence-electron chi connectivity index (χ4n) is 2.83. The number of benzene rings is 2. The zero-order valence-corrected chi connectivity index (χ0v) is 17.0. The number of aromatic nitrogens is 3. The third kappa shape index (κ3) is 4.34. The van der Waals surface area contributed by atoms with Crippen molar-refractivity contribution >= 4 is 35.0 Å². The number of nitrogens with zero attached hydrogens (tertiary/aromatic N) is 4. The molecule has 0 saturated carbocycles. The predicted molar refractivity (Wildman–Crippen MR) is 111 cm³/mol. The number of carbonyl (C=O) groups is 1. The summed E-state index contributed by atoms with van der Waals surface area (Å²) in [6.45, 7) is 4.01. The Morgan fingerprint density at radius 2 is 1.78 bits per heavy atom. The molecule has 1 amide bonds. The topological polar surface area (TPSA) is 51.0 Å². The monoisotopic (exact) mass is 400 g/mol. The van der Waals surface area contributed by atoms with E-state index in [2.05, 4.69) is 10.2 Å². The average Bonchev–Trinajstić information content (AvgIpc) is 3.01. The van der Waals surface area contributed by atoms with E-state index in [1.807, 2.05) is 80.1 Å². The Bertz CT molecular complexity index is 927. The maximum atomic E-state index is 12.8. The minimum atomic E-state index is 0.0310. The SMILES string of the molecule is CC(C)N(C(=O)CSc1nnc(-c2ccccc2Cl)n1C)c1ccccc1. The van der Waals surface area contributed by atoms with Crippen LogP contribution in [0.3, 0.4) is 0 Å². The van der Waals surface area contributed by atoms with Gasteiger partial charge in [0.2, 0.25) is 5.91 Å². The van der Waals surface area contributed by atoms with Gasteiger partial charge >= 0.3 is 0 Å². The van der Waals surface area contributed by atoms with E-state index in [0.717, 1.165) is 11.3 Å².